The molecule has 0 bridgehead atoms. The number of aromatic nitrogens is 2. The SMILES string of the molecule is COc1ccc(-c2noc(COC(=O)CCC3CCCCC3)n2)c(OC)c1. The van der Waals surface area contributed by atoms with Gasteiger partial charge in [0, 0.05) is 12.5 Å². The summed E-state index contributed by atoms with van der Waals surface area (Å²) in [6.07, 6.45) is 7.67. The van der Waals surface area contributed by atoms with Gasteiger partial charge in [0.05, 0.1) is 19.8 Å². The number of benzene rings is 1. The Labute approximate surface area is 159 Å². The van der Waals surface area contributed by atoms with Gasteiger partial charge in [-0.3, -0.25) is 4.79 Å². The van der Waals surface area contributed by atoms with Crippen LogP contribution in [0.25, 0.3) is 11.4 Å². The molecule has 0 amide bonds. The van der Waals surface area contributed by atoms with Gasteiger partial charge in [-0.05, 0) is 24.5 Å². The minimum Gasteiger partial charge on any atom is -0.497 e. The molecule has 1 aliphatic carbocycles. The molecule has 7 nitrogen and oxygen atoms in total. The number of ether oxygens (including phenoxy) is 3. The lowest BCUT2D eigenvalue weighted by molar-refractivity contribution is -0.146. The van der Waals surface area contributed by atoms with Crippen LogP contribution < -0.4 is 9.47 Å². The summed E-state index contributed by atoms with van der Waals surface area (Å²) in [5, 5.41) is 3.95. The molecular weight excluding hydrogens is 348 g/mol. The molecule has 27 heavy (non-hydrogen) atoms. The van der Waals surface area contributed by atoms with Crippen molar-refractivity contribution in [1.82, 2.24) is 10.1 Å². The van der Waals surface area contributed by atoms with Gasteiger partial charge >= 0.3 is 5.97 Å². The van der Waals surface area contributed by atoms with Crippen LogP contribution in [0.1, 0.15) is 50.8 Å². The quantitative estimate of drug-likeness (QED) is 0.642. The van der Waals surface area contributed by atoms with Crippen LogP contribution in [0.4, 0.5) is 0 Å². The van der Waals surface area contributed by atoms with Crippen molar-refractivity contribution < 1.29 is 23.5 Å². The fraction of sp³-hybridized carbons (Fsp3) is 0.550. The lowest BCUT2D eigenvalue weighted by Crippen LogP contribution is -2.11. The molecule has 7 heteroatoms. The monoisotopic (exact) mass is 374 g/mol. The molecule has 146 valence electrons. The zero-order valence-electron chi connectivity index (χ0n) is 15.9. The van der Waals surface area contributed by atoms with Crippen LogP contribution in [0.5, 0.6) is 11.5 Å². The van der Waals surface area contributed by atoms with Crippen molar-refractivity contribution in [1.29, 1.82) is 0 Å². The Hall–Kier alpha value is -2.57. The van der Waals surface area contributed by atoms with Gasteiger partial charge in [0.15, 0.2) is 6.61 Å². The van der Waals surface area contributed by atoms with Crippen LogP contribution in [-0.2, 0) is 16.1 Å². The van der Waals surface area contributed by atoms with Gasteiger partial charge in [0.2, 0.25) is 5.82 Å². The number of carbonyl (C=O) groups is 1. The highest BCUT2D eigenvalue weighted by Crippen LogP contribution is 2.31. The smallest absolute Gasteiger partial charge is 0.306 e. The molecule has 0 aliphatic heterocycles. The van der Waals surface area contributed by atoms with E-state index in [4.69, 9.17) is 18.7 Å². The maximum absolute atomic E-state index is 12.0. The van der Waals surface area contributed by atoms with Gasteiger partial charge in [0.1, 0.15) is 11.5 Å². The molecular formula is C20H26N2O5. The van der Waals surface area contributed by atoms with E-state index < -0.39 is 0 Å². The van der Waals surface area contributed by atoms with E-state index in [1.807, 2.05) is 0 Å². The predicted octanol–water partition coefficient (Wildman–Crippen LogP) is 4.16. The highest BCUT2D eigenvalue weighted by Gasteiger charge is 2.17. The number of hydrogen-bond acceptors (Lipinski definition) is 7. The second kappa shape index (κ2) is 9.39. The van der Waals surface area contributed by atoms with Gasteiger partial charge in [-0.1, -0.05) is 37.3 Å². The molecule has 0 saturated heterocycles. The third kappa shape index (κ3) is 5.21. The Kier molecular flexibility index (Phi) is 6.68. The summed E-state index contributed by atoms with van der Waals surface area (Å²) in [5.74, 6) is 2.32. The van der Waals surface area contributed by atoms with E-state index in [1.54, 1.807) is 32.4 Å². The van der Waals surface area contributed by atoms with Crippen molar-refractivity contribution >= 4 is 5.97 Å². The minimum absolute atomic E-state index is 0.0189. The molecule has 0 spiro atoms. The Morgan fingerprint density at radius 3 is 2.74 bits per heavy atom. The number of rotatable bonds is 8. The van der Waals surface area contributed by atoms with E-state index in [-0.39, 0.29) is 18.5 Å². The average molecular weight is 374 g/mol. The van der Waals surface area contributed by atoms with Crippen molar-refractivity contribution in [2.24, 2.45) is 5.92 Å². The second-order valence-electron chi connectivity index (χ2n) is 6.78. The Morgan fingerprint density at radius 2 is 2.00 bits per heavy atom. The van der Waals surface area contributed by atoms with Crippen LogP contribution in [0.15, 0.2) is 22.7 Å². The van der Waals surface area contributed by atoms with Crippen molar-refractivity contribution in [3.8, 4) is 22.9 Å². The second-order valence-corrected chi connectivity index (χ2v) is 6.78. The maximum atomic E-state index is 12.0. The summed E-state index contributed by atoms with van der Waals surface area (Å²) in [6, 6.07) is 5.33. The Morgan fingerprint density at radius 1 is 1.19 bits per heavy atom. The molecule has 1 heterocycles. The Bertz CT molecular complexity index is 753. The van der Waals surface area contributed by atoms with E-state index in [0.29, 0.717) is 35.2 Å². The van der Waals surface area contributed by atoms with Crippen molar-refractivity contribution in [2.45, 2.75) is 51.6 Å². The zero-order valence-corrected chi connectivity index (χ0v) is 15.9. The topological polar surface area (TPSA) is 83.7 Å². The summed E-state index contributed by atoms with van der Waals surface area (Å²) in [7, 11) is 3.15. The van der Waals surface area contributed by atoms with E-state index >= 15 is 0 Å². The van der Waals surface area contributed by atoms with Crippen molar-refractivity contribution in [3.63, 3.8) is 0 Å². The first-order valence-electron chi connectivity index (χ1n) is 9.40. The number of methoxy groups -OCH3 is 2. The molecule has 0 N–H and O–H groups in total. The summed E-state index contributed by atoms with van der Waals surface area (Å²) < 4.78 is 21.0. The molecule has 0 radical (unpaired) electrons. The standard InChI is InChI=1S/C20H26N2O5/c1-24-15-9-10-16(17(12-15)25-2)20-21-18(27-22-20)13-26-19(23)11-8-14-6-4-3-5-7-14/h9-10,12,14H,3-8,11,13H2,1-2H3. The first-order chi connectivity index (χ1) is 13.2. The number of nitrogens with zero attached hydrogens (tertiary/aromatic N) is 2. The highest BCUT2D eigenvalue weighted by atomic mass is 16.6. The number of hydrogen-bond donors (Lipinski definition) is 0. The summed E-state index contributed by atoms with van der Waals surface area (Å²) in [4.78, 5) is 16.3. The van der Waals surface area contributed by atoms with Gasteiger partial charge < -0.3 is 18.7 Å². The van der Waals surface area contributed by atoms with Crippen molar-refractivity contribution in [2.75, 3.05) is 14.2 Å². The number of esters is 1. The van der Waals surface area contributed by atoms with Crippen LogP contribution in [-0.4, -0.2) is 30.3 Å². The van der Waals surface area contributed by atoms with E-state index in [2.05, 4.69) is 10.1 Å². The third-order valence-electron chi connectivity index (χ3n) is 4.96. The van der Waals surface area contributed by atoms with E-state index in [1.165, 1.54) is 32.1 Å². The minimum atomic E-state index is -0.220. The molecule has 1 aromatic carbocycles. The van der Waals surface area contributed by atoms with Gasteiger partial charge in [-0.2, -0.15) is 4.98 Å². The van der Waals surface area contributed by atoms with Gasteiger partial charge in [-0.15, -0.1) is 0 Å². The zero-order chi connectivity index (χ0) is 19.1. The highest BCUT2D eigenvalue weighted by molar-refractivity contribution is 5.69. The average Bonchev–Trinajstić information content (AvgIpc) is 3.19. The van der Waals surface area contributed by atoms with Crippen molar-refractivity contribution in [3.05, 3.63) is 24.1 Å². The molecule has 0 unspecified atom stereocenters. The van der Waals surface area contributed by atoms with Crippen LogP contribution in [0.3, 0.4) is 0 Å². The lowest BCUT2D eigenvalue weighted by atomic mass is 9.86. The number of carbonyl (C=O) groups excluding carboxylic acids is 1. The molecule has 1 aliphatic rings. The van der Waals surface area contributed by atoms with E-state index in [0.717, 1.165) is 6.42 Å². The summed E-state index contributed by atoms with van der Waals surface area (Å²) >= 11 is 0. The van der Waals surface area contributed by atoms with Crippen LogP contribution >= 0.6 is 0 Å². The lowest BCUT2D eigenvalue weighted by Gasteiger charge is -2.20. The predicted molar refractivity (Wildman–Crippen MR) is 98.4 cm³/mol. The van der Waals surface area contributed by atoms with Gasteiger partial charge in [-0.25, -0.2) is 0 Å². The fourth-order valence-electron chi connectivity index (χ4n) is 3.42. The van der Waals surface area contributed by atoms with Crippen LogP contribution in [0.2, 0.25) is 0 Å². The fourth-order valence-corrected chi connectivity index (χ4v) is 3.42. The van der Waals surface area contributed by atoms with Crippen LogP contribution in [0, 0.1) is 5.92 Å². The molecule has 2 aromatic rings. The first-order valence-corrected chi connectivity index (χ1v) is 9.40. The molecule has 3 rings (SSSR count). The van der Waals surface area contributed by atoms with Gasteiger partial charge in [0.25, 0.3) is 5.89 Å². The summed E-state index contributed by atoms with van der Waals surface area (Å²) in [5.41, 5.74) is 0.678. The molecule has 1 saturated carbocycles. The maximum Gasteiger partial charge on any atom is 0.306 e. The largest absolute Gasteiger partial charge is 0.497 e. The first kappa shape index (κ1) is 19.2. The molecule has 0 atom stereocenters. The normalized spacial score (nSPS) is 14.7. The third-order valence-corrected chi connectivity index (χ3v) is 4.96. The molecule has 1 aromatic heterocycles. The summed E-state index contributed by atoms with van der Waals surface area (Å²) in [6.45, 7) is -0.0189. The molecule has 1 fully saturated rings. The Balaban J connectivity index is 1.52. The van der Waals surface area contributed by atoms with E-state index in [9.17, 15) is 4.79 Å².